The highest BCUT2D eigenvalue weighted by Gasteiger charge is 2.49. The molecule has 8 aromatic carbocycles. The SMILES string of the molecule is [2H]c1c([2H])c([2H])c(-c2c([2H])c([2H])c3oc4c(c3c2[2H])N(c2c([2H])c([2H])c([2H])c3sc5c([2H])c([2H])c([2H])c([2H])c5c23)c2c([2H])c(C#N)c([2H])c3c2B4c2c([2H])c([2H])c([2H])c4c2N3c2c([2H])c(C(C)(C)C)c([2H])c3c5c([2H])c(C(C)(C)C)c([2H])c([2H])c5n-4c23)c([2H])c1[2H]. The van der Waals surface area contributed by atoms with Gasteiger partial charge >= 0.3 is 0 Å². The number of benzene rings is 8. The third-order valence-corrected chi connectivity index (χ3v) is 13.5. The highest BCUT2D eigenvalue weighted by Crippen LogP contribution is 2.55. The number of anilines is 6. The Labute approximate surface area is 422 Å². The van der Waals surface area contributed by atoms with Crippen LogP contribution in [-0.4, -0.2) is 11.3 Å². The Bertz CT molecular complexity index is 5470. The smallest absolute Gasteiger partial charge is 0.297 e. The molecule has 6 heterocycles. The number of nitrogens with zero attached hydrogens (tertiary/aromatic N) is 4. The molecule has 0 saturated carbocycles. The minimum Gasteiger partial charge on any atom is -0.468 e. The van der Waals surface area contributed by atoms with Gasteiger partial charge in [0, 0.05) is 47.7 Å². The molecular weight excluding hydrogens is 824 g/mol. The number of hydrogen-bond donors (Lipinski definition) is 0. The van der Waals surface area contributed by atoms with Crippen LogP contribution in [0.2, 0.25) is 0 Å². The zero-order valence-corrected chi connectivity index (χ0v) is 36.5. The molecule has 0 N–H and O–H groups in total. The lowest BCUT2D eigenvalue weighted by atomic mass is 9.35. The predicted molar refractivity (Wildman–Crippen MR) is 279 cm³/mol. The summed E-state index contributed by atoms with van der Waals surface area (Å²) in [5, 5.41) is 10.2. The monoisotopic (exact) mass is 891 g/mol. The molecule has 5 nitrogen and oxygen atoms in total. The Morgan fingerprint density at radius 2 is 1.29 bits per heavy atom. The molecule has 314 valence electrons. The first kappa shape index (κ1) is 20.8. The van der Waals surface area contributed by atoms with Crippen LogP contribution < -0.4 is 26.4 Å². The van der Waals surface area contributed by atoms with E-state index >= 15 is 0 Å². The van der Waals surface area contributed by atoms with Crippen LogP contribution in [0.5, 0.6) is 0 Å². The summed E-state index contributed by atoms with van der Waals surface area (Å²) < 4.78 is 247. The van der Waals surface area contributed by atoms with Gasteiger partial charge in [0.2, 0.25) is 0 Å². The summed E-state index contributed by atoms with van der Waals surface area (Å²) in [6, 6.07) is -15.8. The molecule has 66 heavy (non-hydrogen) atoms. The van der Waals surface area contributed by atoms with Crippen LogP contribution in [0.25, 0.3) is 69.8 Å². The van der Waals surface area contributed by atoms with Crippen molar-refractivity contribution in [3.05, 3.63) is 168 Å². The maximum Gasteiger partial charge on any atom is 0.297 e. The summed E-state index contributed by atoms with van der Waals surface area (Å²) in [6.45, 7) is 8.56. The molecule has 3 aliphatic heterocycles. The Balaban J connectivity index is 1.30. The second kappa shape index (κ2) is 12.8. The fourth-order valence-corrected chi connectivity index (χ4v) is 10.5. The van der Waals surface area contributed by atoms with E-state index in [4.69, 9.17) is 15.4 Å². The van der Waals surface area contributed by atoms with E-state index in [-0.39, 0.29) is 93.2 Å². The molecule has 0 atom stereocenters. The molecule has 3 aromatic heterocycles. The molecule has 0 radical (unpaired) electrons. The van der Waals surface area contributed by atoms with Gasteiger partial charge in [-0.05, 0) is 117 Å². The topological polar surface area (TPSA) is 48.3 Å². The van der Waals surface area contributed by atoms with Gasteiger partial charge in [0.15, 0.2) is 0 Å². The predicted octanol–water partition coefficient (Wildman–Crippen LogP) is 14.4. The Morgan fingerprint density at radius 3 is 2.08 bits per heavy atom. The number of aromatic nitrogens is 1. The second-order valence-corrected chi connectivity index (χ2v) is 19.5. The van der Waals surface area contributed by atoms with E-state index in [0.29, 0.717) is 11.3 Å². The van der Waals surface area contributed by atoms with Crippen molar-refractivity contribution < 1.29 is 38.7 Å². The lowest BCUT2D eigenvalue weighted by Gasteiger charge is -2.45. The van der Waals surface area contributed by atoms with Crippen molar-refractivity contribution in [2.45, 2.75) is 52.4 Å². The lowest BCUT2D eigenvalue weighted by molar-refractivity contribution is 0.590. The van der Waals surface area contributed by atoms with Crippen LogP contribution in [0, 0.1) is 11.3 Å². The van der Waals surface area contributed by atoms with Crippen LogP contribution >= 0.6 is 11.3 Å². The van der Waals surface area contributed by atoms with Gasteiger partial charge in [0.25, 0.3) is 6.71 Å². The van der Waals surface area contributed by atoms with E-state index in [1.165, 1.54) is 9.47 Å². The van der Waals surface area contributed by atoms with E-state index in [1.807, 2.05) is 6.07 Å². The van der Waals surface area contributed by atoms with E-state index in [2.05, 4.69) is 0 Å². The second-order valence-electron chi connectivity index (χ2n) is 18.4. The molecule has 0 bridgehead atoms. The molecule has 11 aromatic rings. The van der Waals surface area contributed by atoms with Crippen molar-refractivity contribution in [2.24, 2.45) is 0 Å². The maximum atomic E-state index is 11.5. The number of para-hydroxylation sites is 1. The Morgan fingerprint density at radius 1 is 0.576 bits per heavy atom. The third kappa shape index (κ3) is 4.94. The summed E-state index contributed by atoms with van der Waals surface area (Å²) >= 11 is 0.667. The van der Waals surface area contributed by atoms with E-state index in [1.54, 1.807) is 41.5 Å². The number of furan rings is 1. The van der Waals surface area contributed by atoms with E-state index < -0.39 is 213 Å². The quantitative estimate of drug-likeness (QED) is 0.162. The fraction of sp³-hybridized carbons (Fsp3) is 0.136. The molecular formula is C59H43BN4OS. The number of rotatable bonds is 2. The summed E-state index contributed by atoms with van der Waals surface area (Å²) in [5.74, 6) is 0. The zero-order valence-electron chi connectivity index (χ0n) is 60.7. The average Bonchev–Trinajstić information content (AvgIpc) is 1.62. The summed E-state index contributed by atoms with van der Waals surface area (Å²) in [4.78, 5) is 2.34. The molecule has 0 unspecified atom stereocenters. The highest BCUT2D eigenvalue weighted by atomic mass is 32.1. The summed E-state index contributed by atoms with van der Waals surface area (Å²) in [7, 11) is 0. The van der Waals surface area contributed by atoms with Gasteiger partial charge in [-0.25, -0.2) is 0 Å². The molecule has 0 amide bonds. The van der Waals surface area contributed by atoms with Crippen molar-refractivity contribution >= 4 is 122 Å². The molecule has 0 fully saturated rings. The standard InChI is InChI=1S/C59H43BN4OS/c1-58(2,3)36-23-24-43-39(29-36)40-30-37(59(4,5)6)31-48-54(40)62(43)45-19-12-17-42-56(45)64(48)47-27-33(32-61)26-46-53(47)60(42)57-55(41-28-35(22-25-49(41)65-57)34-14-8-7-9-15-34)63(46)44-18-13-21-51-52(44)38-16-10-11-20-50(38)66-51/h7-31H,1-6H3/i7D,8D,9D,10D,11D,12D,13D,14D,15D,16D,17D,18D,19D,20D,21D,22D,23D,24D,25D,26D,27D,28D,29D,30D,31D. The first-order chi connectivity index (χ1) is 42.4. The highest BCUT2D eigenvalue weighted by molar-refractivity contribution is 7.26. The average molecular weight is 892 g/mol. The first-order valence-corrected chi connectivity index (χ1v) is 21.7. The van der Waals surface area contributed by atoms with Gasteiger partial charge < -0.3 is 18.8 Å². The largest absolute Gasteiger partial charge is 0.468 e. The number of hydrogen-bond acceptors (Lipinski definition) is 5. The number of thiophene rings is 1. The molecule has 0 saturated heterocycles. The minimum absolute atomic E-state index is 0.0370. The van der Waals surface area contributed by atoms with E-state index in [0.717, 1.165) is 4.90 Å². The van der Waals surface area contributed by atoms with Crippen molar-refractivity contribution in [1.82, 2.24) is 4.57 Å². The summed E-state index contributed by atoms with van der Waals surface area (Å²) in [5.41, 5.74) is -9.03. The van der Waals surface area contributed by atoms with Crippen molar-refractivity contribution in [1.29, 1.82) is 5.26 Å². The maximum absolute atomic E-state index is 11.5. The van der Waals surface area contributed by atoms with Crippen molar-refractivity contribution in [3.63, 3.8) is 0 Å². The van der Waals surface area contributed by atoms with Gasteiger partial charge in [0.1, 0.15) is 5.58 Å². The van der Waals surface area contributed by atoms with Crippen molar-refractivity contribution in [2.75, 3.05) is 9.80 Å². The van der Waals surface area contributed by atoms with Crippen LogP contribution in [0.1, 0.15) is 92.5 Å². The molecule has 3 aliphatic rings. The van der Waals surface area contributed by atoms with Crippen LogP contribution in [0.15, 0.2) is 155 Å². The van der Waals surface area contributed by atoms with Gasteiger partial charge in [-0.2, -0.15) is 5.26 Å². The molecule has 7 heteroatoms. The van der Waals surface area contributed by atoms with Gasteiger partial charge in [-0.3, -0.25) is 0 Å². The molecule has 0 spiro atoms. The van der Waals surface area contributed by atoms with Crippen molar-refractivity contribution in [3.8, 4) is 22.9 Å². The third-order valence-electron chi connectivity index (χ3n) is 12.5. The Hall–Kier alpha value is -7.53. The van der Waals surface area contributed by atoms with Crippen LogP contribution in [0.4, 0.5) is 34.1 Å². The first-order valence-electron chi connectivity index (χ1n) is 33.4. The van der Waals surface area contributed by atoms with Gasteiger partial charge in [-0.15, -0.1) is 11.3 Å². The Kier molecular flexibility index (Phi) is 4.04. The van der Waals surface area contributed by atoms with Gasteiger partial charge in [-0.1, -0.05) is 120 Å². The summed E-state index contributed by atoms with van der Waals surface area (Å²) in [6.07, 6.45) is 0. The number of fused-ring (bicyclic) bond motifs is 14. The minimum atomic E-state index is -1.86. The van der Waals surface area contributed by atoms with Crippen LogP contribution in [0.3, 0.4) is 0 Å². The van der Waals surface area contributed by atoms with E-state index in [9.17, 15) is 28.6 Å². The fourth-order valence-electron chi connectivity index (χ4n) is 9.53. The number of nitriles is 1. The normalized spacial score (nSPS) is 19.1. The lowest BCUT2D eigenvalue weighted by Crippen LogP contribution is -2.61. The van der Waals surface area contributed by atoms with Crippen LogP contribution in [-0.2, 0) is 10.8 Å². The zero-order chi connectivity index (χ0) is 66.3. The molecule has 0 aliphatic carbocycles. The van der Waals surface area contributed by atoms with Gasteiger partial charge in [0.05, 0.1) is 91.0 Å². The molecule has 14 rings (SSSR count).